The zero-order chi connectivity index (χ0) is 27.3. The Labute approximate surface area is 242 Å². The SMILES string of the molecule is CC1(C)c2ccccc2-c2ccc(-c3ccc(-n4c5ccccc5c5c6sc7ccccc7c6ccc54)cc3)cc21. The van der Waals surface area contributed by atoms with E-state index in [1.807, 2.05) is 11.3 Å². The number of para-hydroxylation sites is 1. The highest BCUT2D eigenvalue weighted by Gasteiger charge is 2.35. The van der Waals surface area contributed by atoms with Gasteiger partial charge in [0.25, 0.3) is 0 Å². The maximum Gasteiger partial charge on any atom is 0.0555 e. The molecule has 1 aliphatic rings. The van der Waals surface area contributed by atoms with Gasteiger partial charge < -0.3 is 4.57 Å². The van der Waals surface area contributed by atoms with Crippen LogP contribution in [0.4, 0.5) is 0 Å². The Hall–Kier alpha value is -4.66. The zero-order valence-corrected chi connectivity index (χ0v) is 23.8. The molecule has 0 aliphatic heterocycles. The molecule has 0 fully saturated rings. The predicted molar refractivity (Wildman–Crippen MR) is 177 cm³/mol. The molecule has 41 heavy (non-hydrogen) atoms. The van der Waals surface area contributed by atoms with E-state index in [-0.39, 0.29) is 5.41 Å². The van der Waals surface area contributed by atoms with Gasteiger partial charge >= 0.3 is 0 Å². The summed E-state index contributed by atoms with van der Waals surface area (Å²) < 4.78 is 5.15. The normalized spacial score (nSPS) is 13.8. The molecule has 0 radical (unpaired) electrons. The highest BCUT2D eigenvalue weighted by Crippen LogP contribution is 2.49. The molecular weight excluding hydrogens is 515 g/mol. The summed E-state index contributed by atoms with van der Waals surface area (Å²) in [6, 6.07) is 47.2. The first-order chi connectivity index (χ1) is 20.1. The van der Waals surface area contributed by atoms with Crippen LogP contribution in [0.15, 0.2) is 127 Å². The fraction of sp³-hybridized carbons (Fsp3) is 0.0769. The average molecular weight is 542 g/mol. The van der Waals surface area contributed by atoms with Crippen molar-refractivity contribution in [1.82, 2.24) is 4.57 Å². The van der Waals surface area contributed by atoms with Gasteiger partial charge in [0.1, 0.15) is 0 Å². The van der Waals surface area contributed by atoms with E-state index in [9.17, 15) is 0 Å². The molecule has 0 amide bonds. The van der Waals surface area contributed by atoms with Gasteiger partial charge in [0.2, 0.25) is 0 Å². The second-order valence-corrected chi connectivity index (χ2v) is 12.8. The number of hydrogen-bond donors (Lipinski definition) is 0. The lowest BCUT2D eigenvalue weighted by Gasteiger charge is -2.22. The minimum Gasteiger partial charge on any atom is -0.309 e. The summed E-state index contributed by atoms with van der Waals surface area (Å²) in [6.45, 7) is 4.70. The molecule has 0 saturated carbocycles. The van der Waals surface area contributed by atoms with Crippen LogP contribution in [0.3, 0.4) is 0 Å². The van der Waals surface area contributed by atoms with Gasteiger partial charge in [-0.1, -0.05) is 105 Å². The topological polar surface area (TPSA) is 4.93 Å². The second-order valence-electron chi connectivity index (χ2n) is 11.8. The van der Waals surface area contributed by atoms with E-state index >= 15 is 0 Å². The Morgan fingerprint density at radius 2 is 1.24 bits per heavy atom. The molecule has 2 heteroatoms. The number of rotatable bonds is 2. The number of aromatic nitrogens is 1. The summed E-state index contributed by atoms with van der Waals surface area (Å²) in [5.74, 6) is 0. The number of hydrogen-bond acceptors (Lipinski definition) is 1. The molecular formula is C39H27NS. The number of thiophene rings is 1. The molecule has 0 spiro atoms. The van der Waals surface area contributed by atoms with Gasteiger partial charge in [-0.25, -0.2) is 0 Å². The monoisotopic (exact) mass is 541 g/mol. The first-order valence-corrected chi connectivity index (χ1v) is 15.1. The molecule has 0 N–H and O–H groups in total. The summed E-state index contributed by atoms with van der Waals surface area (Å²) in [5.41, 5.74) is 11.8. The molecule has 0 unspecified atom stereocenters. The Balaban J connectivity index is 1.20. The van der Waals surface area contributed by atoms with Crippen LogP contribution in [0.1, 0.15) is 25.0 Å². The molecule has 9 rings (SSSR count). The number of fused-ring (bicyclic) bond motifs is 10. The third kappa shape index (κ3) is 3.11. The van der Waals surface area contributed by atoms with Crippen molar-refractivity contribution < 1.29 is 0 Å². The fourth-order valence-corrected chi connectivity index (χ4v) is 8.46. The van der Waals surface area contributed by atoms with E-state index in [2.05, 4.69) is 146 Å². The van der Waals surface area contributed by atoms with Crippen LogP contribution in [-0.2, 0) is 5.41 Å². The molecule has 0 atom stereocenters. The summed E-state index contributed by atoms with van der Waals surface area (Å²) in [5, 5.41) is 5.35. The van der Waals surface area contributed by atoms with E-state index in [0.717, 1.165) is 0 Å². The Kier molecular flexibility index (Phi) is 4.61. The maximum atomic E-state index is 2.43. The largest absolute Gasteiger partial charge is 0.309 e. The highest BCUT2D eigenvalue weighted by molar-refractivity contribution is 7.26. The maximum absolute atomic E-state index is 2.43. The second kappa shape index (κ2) is 8.19. The van der Waals surface area contributed by atoms with Crippen molar-refractivity contribution in [2.75, 3.05) is 0 Å². The number of nitrogens with zero attached hydrogens (tertiary/aromatic N) is 1. The molecule has 2 heterocycles. The van der Waals surface area contributed by atoms with Crippen LogP contribution >= 0.6 is 11.3 Å². The Morgan fingerprint density at radius 1 is 0.537 bits per heavy atom. The molecule has 194 valence electrons. The summed E-state index contributed by atoms with van der Waals surface area (Å²) in [6.07, 6.45) is 0. The third-order valence-corrected chi connectivity index (χ3v) is 10.4. The van der Waals surface area contributed by atoms with Gasteiger partial charge in [-0.2, -0.15) is 0 Å². The van der Waals surface area contributed by atoms with E-state index in [1.54, 1.807) is 0 Å². The lowest BCUT2D eigenvalue weighted by Crippen LogP contribution is -2.14. The minimum atomic E-state index is 0.00276. The lowest BCUT2D eigenvalue weighted by atomic mass is 9.81. The summed E-state index contributed by atoms with van der Waals surface area (Å²) >= 11 is 1.91. The van der Waals surface area contributed by atoms with E-state index < -0.39 is 0 Å². The Bertz CT molecular complexity index is 2330. The van der Waals surface area contributed by atoms with Crippen molar-refractivity contribution in [2.24, 2.45) is 0 Å². The minimum absolute atomic E-state index is 0.00276. The molecule has 1 aliphatic carbocycles. The van der Waals surface area contributed by atoms with Gasteiger partial charge in [-0.3, -0.25) is 0 Å². The van der Waals surface area contributed by atoms with Crippen molar-refractivity contribution in [3.05, 3.63) is 139 Å². The first kappa shape index (κ1) is 23.1. The molecule has 8 aromatic rings. The quantitative estimate of drug-likeness (QED) is 0.205. The average Bonchev–Trinajstić information content (AvgIpc) is 3.63. The smallest absolute Gasteiger partial charge is 0.0555 e. The molecule has 0 bridgehead atoms. The first-order valence-electron chi connectivity index (χ1n) is 14.3. The lowest BCUT2D eigenvalue weighted by molar-refractivity contribution is 0.660. The summed E-state index contributed by atoms with van der Waals surface area (Å²) in [4.78, 5) is 0. The number of benzene rings is 6. The van der Waals surface area contributed by atoms with Crippen LogP contribution < -0.4 is 0 Å². The van der Waals surface area contributed by atoms with Crippen molar-refractivity contribution >= 4 is 53.3 Å². The van der Waals surface area contributed by atoms with Crippen LogP contribution in [-0.4, -0.2) is 4.57 Å². The predicted octanol–water partition coefficient (Wildman–Crippen LogP) is 11.1. The molecule has 1 nitrogen and oxygen atoms in total. The van der Waals surface area contributed by atoms with Gasteiger partial charge in [0.15, 0.2) is 0 Å². The molecule has 6 aromatic carbocycles. The van der Waals surface area contributed by atoms with Crippen molar-refractivity contribution in [3.63, 3.8) is 0 Å². The van der Waals surface area contributed by atoms with Gasteiger partial charge in [-0.15, -0.1) is 11.3 Å². The van der Waals surface area contributed by atoms with E-state index in [1.165, 1.54) is 81.0 Å². The van der Waals surface area contributed by atoms with Crippen molar-refractivity contribution in [2.45, 2.75) is 19.3 Å². The van der Waals surface area contributed by atoms with Gasteiger partial charge in [0.05, 0.1) is 11.0 Å². The van der Waals surface area contributed by atoms with Crippen molar-refractivity contribution in [3.8, 4) is 27.9 Å². The summed E-state index contributed by atoms with van der Waals surface area (Å²) in [7, 11) is 0. The molecule has 2 aromatic heterocycles. The van der Waals surface area contributed by atoms with E-state index in [4.69, 9.17) is 0 Å². The molecule has 0 saturated heterocycles. The van der Waals surface area contributed by atoms with Crippen LogP contribution in [0.2, 0.25) is 0 Å². The third-order valence-electron chi connectivity index (χ3n) is 9.22. The van der Waals surface area contributed by atoms with Crippen molar-refractivity contribution in [1.29, 1.82) is 0 Å². The van der Waals surface area contributed by atoms with Crippen LogP contribution in [0.5, 0.6) is 0 Å². The highest BCUT2D eigenvalue weighted by atomic mass is 32.1. The Morgan fingerprint density at radius 3 is 2.12 bits per heavy atom. The fourth-order valence-electron chi connectivity index (χ4n) is 7.20. The van der Waals surface area contributed by atoms with E-state index in [0.29, 0.717) is 0 Å². The standard InChI is InChI=1S/C39H27NS/c1-39(2)32-12-6-3-9-27(32)28-20-17-25(23-33(28)39)24-15-18-26(19-16-24)40-34-13-7-4-11-31(34)37-35(40)22-21-30-29-10-5-8-14-36(29)41-38(30)37/h3-23H,1-2H3. The zero-order valence-electron chi connectivity index (χ0n) is 23.0. The van der Waals surface area contributed by atoms with Crippen LogP contribution in [0.25, 0.3) is 69.9 Å². The van der Waals surface area contributed by atoms with Gasteiger partial charge in [0, 0.05) is 42.0 Å². The van der Waals surface area contributed by atoms with Gasteiger partial charge in [-0.05, 0) is 69.8 Å². The van der Waals surface area contributed by atoms with Crippen LogP contribution in [0, 0.1) is 0 Å².